The van der Waals surface area contributed by atoms with E-state index >= 15 is 0 Å². The monoisotopic (exact) mass is 468 g/mol. The summed E-state index contributed by atoms with van der Waals surface area (Å²) < 4.78 is 47.3. The van der Waals surface area contributed by atoms with Gasteiger partial charge in [0.05, 0.1) is 12.1 Å². The summed E-state index contributed by atoms with van der Waals surface area (Å²) in [5, 5.41) is 8.83. The number of fused-ring (bicyclic) bond motifs is 1. The summed E-state index contributed by atoms with van der Waals surface area (Å²) in [4.78, 5) is 16.9. The van der Waals surface area contributed by atoms with Gasteiger partial charge in [-0.15, -0.1) is 0 Å². The Morgan fingerprint density at radius 3 is 2.50 bits per heavy atom. The Kier molecular flexibility index (Phi) is 6.70. The van der Waals surface area contributed by atoms with Crippen LogP contribution in [-0.4, -0.2) is 41.1 Å². The molecule has 0 bridgehead atoms. The molecular formula is C26H23F3N2O3. The highest BCUT2D eigenvalue weighted by Crippen LogP contribution is 2.39. The quantitative estimate of drug-likeness (QED) is 0.337. The van der Waals surface area contributed by atoms with Crippen molar-refractivity contribution in [2.45, 2.75) is 19.0 Å². The van der Waals surface area contributed by atoms with Crippen molar-refractivity contribution >= 4 is 17.1 Å². The van der Waals surface area contributed by atoms with E-state index in [2.05, 4.69) is 4.98 Å². The Bertz CT molecular complexity index is 1300. The van der Waals surface area contributed by atoms with Crippen LogP contribution in [0.2, 0.25) is 0 Å². The normalized spacial score (nSPS) is 11.9. The first kappa shape index (κ1) is 23.5. The van der Waals surface area contributed by atoms with Gasteiger partial charge in [0.15, 0.2) is 5.58 Å². The molecule has 1 N–H and O–H groups in total. The van der Waals surface area contributed by atoms with E-state index in [1.54, 1.807) is 54.4 Å². The van der Waals surface area contributed by atoms with Crippen molar-refractivity contribution < 1.29 is 27.5 Å². The molecule has 0 fully saturated rings. The number of carboxylic acid groups (broad SMARTS) is 1. The van der Waals surface area contributed by atoms with E-state index in [0.29, 0.717) is 29.6 Å². The number of aliphatic carboxylic acids is 1. The molecule has 1 aromatic heterocycles. The molecule has 0 saturated heterocycles. The summed E-state index contributed by atoms with van der Waals surface area (Å²) in [5.41, 5.74) is 2.13. The van der Waals surface area contributed by atoms with Gasteiger partial charge in [0.1, 0.15) is 5.52 Å². The molecule has 34 heavy (non-hydrogen) atoms. The third-order valence-corrected chi connectivity index (χ3v) is 5.52. The second kappa shape index (κ2) is 9.69. The van der Waals surface area contributed by atoms with Crippen molar-refractivity contribution in [2.24, 2.45) is 0 Å². The van der Waals surface area contributed by atoms with Gasteiger partial charge in [-0.1, -0.05) is 42.5 Å². The smallest absolute Gasteiger partial charge is 0.417 e. The van der Waals surface area contributed by atoms with E-state index < -0.39 is 17.7 Å². The summed E-state index contributed by atoms with van der Waals surface area (Å²) in [6, 6.07) is 18.0. The molecule has 0 aliphatic heterocycles. The van der Waals surface area contributed by atoms with Gasteiger partial charge in [-0.3, -0.25) is 9.69 Å². The molecule has 4 rings (SSSR count). The highest BCUT2D eigenvalue weighted by molar-refractivity contribution is 5.78. The SMILES string of the molecule is CN(CCCc1ccc2oc(-c3ccc(-c4ccccc4)c(C(F)(F)F)c3)nc2c1)CC(=O)O. The fourth-order valence-corrected chi connectivity index (χ4v) is 3.90. The van der Waals surface area contributed by atoms with Crippen LogP contribution in [0, 0.1) is 0 Å². The molecule has 0 radical (unpaired) electrons. The number of likely N-dealkylation sites (N-methyl/N-ethyl adjacent to an activating group) is 1. The molecule has 0 aliphatic carbocycles. The van der Waals surface area contributed by atoms with Gasteiger partial charge in [-0.05, 0) is 67.4 Å². The minimum atomic E-state index is -4.53. The fourth-order valence-electron chi connectivity index (χ4n) is 3.90. The van der Waals surface area contributed by atoms with Crippen LogP contribution in [0.3, 0.4) is 0 Å². The first-order valence-corrected chi connectivity index (χ1v) is 10.8. The Labute approximate surface area is 194 Å². The summed E-state index contributed by atoms with van der Waals surface area (Å²) >= 11 is 0. The lowest BCUT2D eigenvalue weighted by Gasteiger charge is -2.14. The van der Waals surface area contributed by atoms with Gasteiger partial charge in [0.25, 0.3) is 0 Å². The lowest BCUT2D eigenvalue weighted by Crippen LogP contribution is -2.26. The van der Waals surface area contributed by atoms with E-state index in [4.69, 9.17) is 9.52 Å². The van der Waals surface area contributed by atoms with Gasteiger partial charge < -0.3 is 9.52 Å². The van der Waals surface area contributed by atoms with Crippen molar-refractivity contribution in [3.8, 4) is 22.6 Å². The molecule has 3 aromatic carbocycles. The molecule has 0 unspecified atom stereocenters. The number of oxazole rings is 1. The van der Waals surface area contributed by atoms with Crippen LogP contribution in [0.1, 0.15) is 17.5 Å². The third-order valence-electron chi connectivity index (χ3n) is 5.52. The predicted octanol–water partition coefficient (Wildman–Crippen LogP) is 6.13. The minimum absolute atomic E-state index is 0.0192. The van der Waals surface area contributed by atoms with Crippen molar-refractivity contribution in [1.29, 1.82) is 0 Å². The highest BCUT2D eigenvalue weighted by atomic mass is 19.4. The molecule has 4 aromatic rings. The van der Waals surface area contributed by atoms with Crippen molar-refractivity contribution in [3.05, 3.63) is 77.9 Å². The first-order valence-electron chi connectivity index (χ1n) is 10.8. The average molecular weight is 468 g/mol. The van der Waals surface area contributed by atoms with Gasteiger partial charge in [-0.2, -0.15) is 13.2 Å². The van der Waals surface area contributed by atoms with Crippen LogP contribution in [0.25, 0.3) is 33.7 Å². The van der Waals surface area contributed by atoms with Gasteiger partial charge in [0, 0.05) is 5.56 Å². The molecule has 176 valence electrons. The number of carbonyl (C=O) groups is 1. The molecule has 8 heteroatoms. The zero-order valence-electron chi connectivity index (χ0n) is 18.5. The van der Waals surface area contributed by atoms with Crippen LogP contribution < -0.4 is 0 Å². The molecular weight excluding hydrogens is 445 g/mol. The average Bonchev–Trinajstić information content (AvgIpc) is 3.22. The van der Waals surface area contributed by atoms with Gasteiger partial charge in [0.2, 0.25) is 5.89 Å². The summed E-state index contributed by atoms with van der Waals surface area (Å²) in [6.07, 6.45) is -3.06. The summed E-state index contributed by atoms with van der Waals surface area (Å²) in [5.74, 6) is -0.747. The number of rotatable bonds is 8. The number of hydrogen-bond acceptors (Lipinski definition) is 4. The maximum absolute atomic E-state index is 13.8. The molecule has 0 aliphatic rings. The van der Waals surface area contributed by atoms with Crippen LogP contribution >= 0.6 is 0 Å². The van der Waals surface area contributed by atoms with Crippen molar-refractivity contribution in [3.63, 3.8) is 0 Å². The number of halogens is 3. The lowest BCUT2D eigenvalue weighted by molar-refractivity contribution is -0.138. The fraction of sp³-hybridized carbons (Fsp3) is 0.231. The van der Waals surface area contributed by atoms with E-state index in [9.17, 15) is 18.0 Å². The number of alkyl halides is 3. The summed E-state index contributed by atoms with van der Waals surface area (Å²) in [7, 11) is 1.75. The number of benzene rings is 3. The number of aromatic nitrogens is 1. The Hall–Kier alpha value is -3.65. The maximum atomic E-state index is 13.8. The van der Waals surface area contributed by atoms with Gasteiger partial charge in [-0.25, -0.2) is 4.98 Å². The first-order chi connectivity index (χ1) is 16.2. The second-order valence-corrected chi connectivity index (χ2v) is 8.18. The van der Waals surface area contributed by atoms with E-state index in [1.807, 2.05) is 12.1 Å². The number of carboxylic acids is 1. The third kappa shape index (κ3) is 5.46. The minimum Gasteiger partial charge on any atom is -0.480 e. The number of nitrogens with zero attached hydrogens (tertiary/aromatic N) is 2. The lowest BCUT2D eigenvalue weighted by atomic mass is 9.97. The van der Waals surface area contributed by atoms with Crippen molar-refractivity contribution in [2.75, 3.05) is 20.1 Å². The van der Waals surface area contributed by atoms with Crippen molar-refractivity contribution in [1.82, 2.24) is 9.88 Å². The number of aryl methyl sites for hydroxylation is 1. The molecule has 0 atom stereocenters. The maximum Gasteiger partial charge on any atom is 0.417 e. The summed E-state index contributed by atoms with van der Waals surface area (Å²) in [6.45, 7) is 0.608. The standard InChI is InChI=1S/C26H23F3N2O3/c1-31(16-24(32)33)13-5-6-17-9-12-23-22(14-17)30-25(34-23)19-10-11-20(18-7-3-2-4-8-18)21(15-19)26(27,28)29/h2-4,7-12,14-15H,5-6,13,16H2,1H3,(H,32,33). The topological polar surface area (TPSA) is 66.6 Å². The van der Waals surface area contributed by atoms with Crippen LogP contribution in [0.5, 0.6) is 0 Å². The number of hydrogen-bond donors (Lipinski definition) is 1. The van der Waals surface area contributed by atoms with Crippen LogP contribution in [0.15, 0.2) is 71.1 Å². The molecule has 0 spiro atoms. The van der Waals surface area contributed by atoms with E-state index in [0.717, 1.165) is 18.1 Å². The van der Waals surface area contributed by atoms with E-state index in [-0.39, 0.29) is 23.6 Å². The Morgan fingerprint density at radius 1 is 1.03 bits per heavy atom. The molecule has 5 nitrogen and oxygen atoms in total. The largest absolute Gasteiger partial charge is 0.480 e. The molecule has 1 heterocycles. The Morgan fingerprint density at radius 2 is 1.79 bits per heavy atom. The van der Waals surface area contributed by atoms with Gasteiger partial charge >= 0.3 is 12.1 Å². The zero-order valence-corrected chi connectivity index (χ0v) is 18.5. The Balaban J connectivity index is 1.58. The predicted molar refractivity (Wildman–Crippen MR) is 123 cm³/mol. The second-order valence-electron chi connectivity index (χ2n) is 8.18. The van der Waals surface area contributed by atoms with E-state index in [1.165, 1.54) is 6.07 Å². The zero-order chi connectivity index (χ0) is 24.3. The van der Waals surface area contributed by atoms with Crippen LogP contribution in [-0.2, 0) is 17.4 Å². The molecule has 0 saturated carbocycles. The molecule has 0 amide bonds. The van der Waals surface area contributed by atoms with Crippen LogP contribution in [0.4, 0.5) is 13.2 Å². The highest BCUT2D eigenvalue weighted by Gasteiger charge is 2.34.